The lowest BCUT2D eigenvalue weighted by Crippen LogP contribution is -2.36. The number of phenolic OH excluding ortho intramolecular Hbond substituents is 1. The maximum atomic E-state index is 9.40. The van der Waals surface area contributed by atoms with Gasteiger partial charge in [-0.25, -0.2) is 0 Å². The Morgan fingerprint density at radius 3 is 2.20 bits per heavy atom. The van der Waals surface area contributed by atoms with E-state index in [2.05, 4.69) is 41.1 Å². The second-order valence-corrected chi connectivity index (χ2v) is 4.75. The maximum Gasteiger partial charge on any atom is 0.212 e. The fraction of sp³-hybridized carbons (Fsp3) is 0.0556. The molecule has 1 N–H and O–H groups in total. The number of aromatic nitrogens is 1. The van der Waals surface area contributed by atoms with Crippen molar-refractivity contribution in [2.24, 2.45) is 0 Å². The van der Waals surface area contributed by atoms with Crippen molar-refractivity contribution in [2.75, 3.05) is 0 Å². The fourth-order valence-corrected chi connectivity index (χ4v) is 2.29. The number of phenols is 1. The van der Waals surface area contributed by atoms with Crippen LogP contribution in [0.4, 0.5) is 0 Å². The van der Waals surface area contributed by atoms with E-state index in [4.69, 9.17) is 0 Å². The molecule has 2 aromatic carbocycles. The number of hydrogen-bond donors (Lipinski definition) is 1. The smallest absolute Gasteiger partial charge is 0.212 e. The van der Waals surface area contributed by atoms with Crippen molar-refractivity contribution in [1.82, 2.24) is 0 Å². The molecular formula is C18H16NO+. The number of pyridine rings is 1. The Morgan fingerprint density at radius 2 is 1.45 bits per heavy atom. The van der Waals surface area contributed by atoms with Gasteiger partial charge in [0, 0.05) is 23.3 Å². The van der Waals surface area contributed by atoms with Gasteiger partial charge in [-0.3, -0.25) is 0 Å². The van der Waals surface area contributed by atoms with Crippen LogP contribution in [0.2, 0.25) is 0 Å². The van der Waals surface area contributed by atoms with Crippen LogP contribution >= 0.6 is 0 Å². The van der Waals surface area contributed by atoms with Crippen LogP contribution in [0.15, 0.2) is 79.0 Å². The topological polar surface area (TPSA) is 24.1 Å². The van der Waals surface area contributed by atoms with Crippen LogP contribution < -0.4 is 4.57 Å². The van der Waals surface area contributed by atoms with Crippen molar-refractivity contribution >= 4 is 0 Å². The van der Waals surface area contributed by atoms with E-state index in [1.165, 1.54) is 5.56 Å². The monoisotopic (exact) mass is 262 g/mol. The van der Waals surface area contributed by atoms with E-state index in [0.717, 1.165) is 17.8 Å². The summed E-state index contributed by atoms with van der Waals surface area (Å²) < 4.78 is 2.21. The summed E-state index contributed by atoms with van der Waals surface area (Å²) in [5, 5.41) is 9.40. The van der Waals surface area contributed by atoms with E-state index in [1.807, 2.05) is 30.3 Å². The molecule has 0 unspecified atom stereocenters. The molecular weight excluding hydrogens is 246 g/mol. The average molecular weight is 262 g/mol. The van der Waals surface area contributed by atoms with Crippen LogP contribution in [0.1, 0.15) is 5.56 Å². The molecule has 0 aliphatic rings. The highest BCUT2D eigenvalue weighted by Gasteiger charge is 2.12. The van der Waals surface area contributed by atoms with E-state index in [9.17, 15) is 5.11 Å². The first-order valence-electron chi connectivity index (χ1n) is 6.65. The first-order valence-corrected chi connectivity index (χ1v) is 6.65. The van der Waals surface area contributed by atoms with E-state index >= 15 is 0 Å². The van der Waals surface area contributed by atoms with Gasteiger partial charge in [0.15, 0.2) is 12.7 Å². The minimum Gasteiger partial charge on any atom is -0.508 e. The number of nitrogens with zero attached hydrogens (tertiary/aromatic N) is 1. The van der Waals surface area contributed by atoms with Gasteiger partial charge < -0.3 is 5.11 Å². The zero-order chi connectivity index (χ0) is 13.8. The Kier molecular flexibility index (Phi) is 3.46. The summed E-state index contributed by atoms with van der Waals surface area (Å²) in [6.07, 6.45) is 2.08. The first kappa shape index (κ1) is 12.4. The van der Waals surface area contributed by atoms with Crippen molar-refractivity contribution in [2.45, 2.75) is 6.54 Å². The molecule has 0 spiro atoms. The van der Waals surface area contributed by atoms with Gasteiger partial charge >= 0.3 is 0 Å². The maximum absolute atomic E-state index is 9.40. The van der Waals surface area contributed by atoms with E-state index < -0.39 is 0 Å². The predicted molar refractivity (Wildman–Crippen MR) is 79.3 cm³/mol. The van der Waals surface area contributed by atoms with Crippen LogP contribution in [0.5, 0.6) is 5.75 Å². The molecule has 0 amide bonds. The van der Waals surface area contributed by atoms with Crippen molar-refractivity contribution in [3.05, 3.63) is 84.6 Å². The Hall–Kier alpha value is -2.61. The van der Waals surface area contributed by atoms with Gasteiger partial charge in [0.2, 0.25) is 5.69 Å². The standard InChI is InChI=1S/C18H15NO/c20-17-11-9-16(10-12-17)18-8-4-5-13-19(18)14-15-6-2-1-3-7-15/h1-13H,14H2/p+1. The lowest BCUT2D eigenvalue weighted by atomic mass is 10.1. The van der Waals surface area contributed by atoms with Crippen LogP contribution in [-0.2, 0) is 6.54 Å². The first-order chi connectivity index (χ1) is 9.83. The predicted octanol–water partition coefficient (Wildman–Crippen LogP) is 3.40. The third-order valence-corrected chi connectivity index (χ3v) is 3.30. The normalized spacial score (nSPS) is 10.4. The summed E-state index contributed by atoms with van der Waals surface area (Å²) in [7, 11) is 0. The molecule has 2 nitrogen and oxygen atoms in total. The second-order valence-electron chi connectivity index (χ2n) is 4.75. The molecule has 0 atom stereocenters. The number of benzene rings is 2. The van der Waals surface area contributed by atoms with Gasteiger partial charge in [0.1, 0.15) is 5.75 Å². The summed E-state index contributed by atoms with van der Waals surface area (Å²) in [4.78, 5) is 0. The van der Waals surface area contributed by atoms with Crippen LogP contribution in [-0.4, -0.2) is 5.11 Å². The Morgan fingerprint density at radius 1 is 0.750 bits per heavy atom. The van der Waals surface area contributed by atoms with Crippen molar-refractivity contribution in [1.29, 1.82) is 0 Å². The molecule has 0 bridgehead atoms. The molecule has 0 saturated heterocycles. The molecule has 98 valence electrons. The van der Waals surface area contributed by atoms with Crippen molar-refractivity contribution in [3.8, 4) is 17.0 Å². The highest BCUT2D eigenvalue weighted by atomic mass is 16.3. The molecule has 3 aromatic rings. The van der Waals surface area contributed by atoms with E-state index in [0.29, 0.717) is 5.75 Å². The highest BCUT2D eigenvalue weighted by Crippen LogP contribution is 2.18. The number of aromatic hydroxyl groups is 1. The van der Waals surface area contributed by atoms with E-state index in [1.54, 1.807) is 12.1 Å². The fourth-order valence-electron chi connectivity index (χ4n) is 2.29. The molecule has 20 heavy (non-hydrogen) atoms. The van der Waals surface area contributed by atoms with Crippen molar-refractivity contribution < 1.29 is 9.67 Å². The molecule has 0 aliphatic heterocycles. The lowest BCUT2D eigenvalue weighted by molar-refractivity contribution is -0.677. The zero-order valence-electron chi connectivity index (χ0n) is 11.1. The van der Waals surface area contributed by atoms with Gasteiger partial charge in [-0.05, 0) is 30.3 Å². The zero-order valence-corrected chi connectivity index (χ0v) is 11.1. The largest absolute Gasteiger partial charge is 0.508 e. The van der Waals surface area contributed by atoms with Crippen molar-refractivity contribution in [3.63, 3.8) is 0 Å². The van der Waals surface area contributed by atoms with E-state index in [-0.39, 0.29) is 0 Å². The molecule has 0 aliphatic carbocycles. The Labute approximate surface area is 118 Å². The third-order valence-electron chi connectivity index (χ3n) is 3.30. The SMILES string of the molecule is Oc1ccc(-c2cccc[n+]2Cc2ccccc2)cc1. The summed E-state index contributed by atoms with van der Waals surface area (Å²) in [5.74, 6) is 0.291. The van der Waals surface area contributed by atoms with Crippen LogP contribution in [0, 0.1) is 0 Å². The Bertz CT molecular complexity index is 690. The minimum atomic E-state index is 0.291. The average Bonchev–Trinajstić information content (AvgIpc) is 2.50. The summed E-state index contributed by atoms with van der Waals surface area (Å²) in [6.45, 7) is 0.831. The van der Waals surface area contributed by atoms with Gasteiger partial charge in [-0.15, -0.1) is 0 Å². The molecule has 1 aromatic heterocycles. The lowest BCUT2D eigenvalue weighted by Gasteiger charge is -2.04. The molecule has 0 saturated carbocycles. The summed E-state index contributed by atoms with van der Waals surface area (Å²) in [5.41, 5.74) is 3.50. The van der Waals surface area contributed by atoms with Gasteiger partial charge in [-0.2, -0.15) is 4.57 Å². The van der Waals surface area contributed by atoms with Crippen LogP contribution in [0.25, 0.3) is 11.3 Å². The molecule has 1 heterocycles. The summed E-state index contributed by atoms with van der Waals surface area (Å²) in [6, 6.07) is 23.9. The third kappa shape index (κ3) is 2.69. The number of rotatable bonds is 3. The second kappa shape index (κ2) is 5.57. The Balaban J connectivity index is 1.98. The molecule has 2 heteroatoms. The summed E-state index contributed by atoms with van der Waals surface area (Å²) >= 11 is 0. The molecule has 3 rings (SSSR count). The quantitative estimate of drug-likeness (QED) is 0.719. The van der Waals surface area contributed by atoms with Gasteiger partial charge in [0.05, 0.1) is 0 Å². The van der Waals surface area contributed by atoms with Crippen LogP contribution in [0.3, 0.4) is 0 Å². The minimum absolute atomic E-state index is 0.291. The molecule has 0 fully saturated rings. The number of hydrogen-bond acceptors (Lipinski definition) is 1. The molecule has 0 radical (unpaired) electrons. The van der Waals surface area contributed by atoms with Gasteiger partial charge in [0.25, 0.3) is 0 Å². The highest BCUT2D eigenvalue weighted by molar-refractivity contribution is 5.57. The van der Waals surface area contributed by atoms with Gasteiger partial charge in [-0.1, -0.05) is 30.3 Å².